The summed E-state index contributed by atoms with van der Waals surface area (Å²) < 4.78 is 0. The Morgan fingerprint density at radius 1 is 1.24 bits per heavy atom. The van der Waals surface area contributed by atoms with Gasteiger partial charge in [-0.2, -0.15) is 17.0 Å². The first-order valence-corrected chi connectivity index (χ1v) is 7.96. The minimum atomic E-state index is -0.345. The molecule has 17 heavy (non-hydrogen) atoms. The van der Waals surface area contributed by atoms with Crippen molar-refractivity contribution >= 4 is 11.8 Å². The van der Waals surface area contributed by atoms with Crippen molar-refractivity contribution in [3.05, 3.63) is 0 Å². The van der Waals surface area contributed by atoms with Gasteiger partial charge in [-0.05, 0) is 58.0 Å². The standard InChI is InChI=1S/C14H28N2S/c1-5-6-10-17-11-8-7-9-14(4,12-15)16-13(2)3/h13,16H,5-11H2,1-4H3. The van der Waals surface area contributed by atoms with Crippen LogP contribution in [0.1, 0.15) is 59.8 Å². The van der Waals surface area contributed by atoms with Crippen molar-refractivity contribution in [1.29, 1.82) is 5.26 Å². The van der Waals surface area contributed by atoms with Gasteiger partial charge < -0.3 is 0 Å². The maximum atomic E-state index is 9.19. The van der Waals surface area contributed by atoms with Crippen LogP contribution >= 0.6 is 11.8 Å². The molecule has 0 saturated heterocycles. The minimum Gasteiger partial charge on any atom is -0.297 e. The molecular formula is C14H28N2S. The molecule has 0 aromatic heterocycles. The zero-order valence-corrected chi connectivity index (χ0v) is 12.7. The Morgan fingerprint density at radius 3 is 2.41 bits per heavy atom. The van der Waals surface area contributed by atoms with E-state index in [-0.39, 0.29) is 5.54 Å². The van der Waals surface area contributed by atoms with E-state index in [1.165, 1.54) is 30.8 Å². The van der Waals surface area contributed by atoms with Gasteiger partial charge >= 0.3 is 0 Å². The quantitative estimate of drug-likeness (QED) is 0.601. The summed E-state index contributed by atoms with van der Waals surface area (Å²) in [5.41, 5.74) is -0.345. The fraction of sp³-hybridized carbons (Fsp3) is 0.929. The fourth-order valence-electron chi connectivity index (χ4n) is 1.83. The molecule has 0 amide bonds. The molecule has 0 aliphatic rings. The van der Waals surface area contributed by atoms with Crippen molar-refractivity contribution in [2.45, 2.75) is 71.4 Å². The van der Waals surface area contributed by atoms with Gasteiger partial charge in [0.2, 0.25) is 0 Å². The number of nitriles is 1. The van der Waals surface area contributed by atoms with Crippen LogP contribution in [0.5, 0.6) is 0 Å². The normalized spacial score (nSPS) is 14.6. The highest BCUT2D eigenvalue weighted by Gasteiger charge is 2.23. The lowest BCUT2D eigenvalue weighted by Crippen LogP contribution is -2.44. The molecule has 1 unspecified atom stereocenters. The van der Waals surface area contributed by atoms with Crippen molar-refractivity contribution in [1.82, 2.24) is 5.32 Å². The monoisotopic (exact) mass is 256 g/mol. The molecule has 0 rings (SSSR count). The van der Waals surface area contributed by atoms with Gasteiger partial charge in [0.1, 0.15) is 5.54 Å². The number of hydrogen-bond acceptors (Lipinski definition) is 3. The van der Waals surface area contributed by atoms with Crippen molar-refractivity contribution < 1.29 is 0 Å². The molecule has 1 atom stereocenters. The third-order valence-corrected chi connectivity index (χ3v) is 3.87. The Bertz CT molecular complexity index is 223. The van der Waals surface area contributed by atoms with E-state index in [1.807, 2.05) is 18.7 Å². The fourth-order valence-corrected chi connectivity index (χ4v) is 2.93. The Kier molecular flexibility index (Phi) is 9.68. The number of rotatable bonds is 10. The molecule has 0 saturated carbocycles. The maximum Gasteiger partial charge on any atom is 0.104 e. The lowest BCUT2D eigenvalue weighted by Gasteiger charge is -2.25. The van der Waals surface area contributed by atoms with Crippen LogP contribution in [-0.2, 0) is 0 Å². The van der Waals surface area contributed by atoms with Gasteiger partial charge in [0.05, 0.1) is 6.07 Å². The smallest absolute Gasteiger partial charge is 0.104 e. The van der Waals surface area contributed by atoms with Crippen LogP contribution < -0.4 is 5.32 Å². The topological polar surface area (TPSA) is 35.8 Å². The molecule has 1 N–H and O–H groups in total. The van der Waals surface area contributed by atoms with E-state index < -0.39 is 0 Å². The second kappa shape index (κ2) is 9.79. The largest absolute Gasteiger partial charge is 0.297 e. The molecule has 2 nitrogen and oxygen atoms in total. The van der Waals surface area contributed by atoms with Crippen LogP contribution in [0.4, 0.5) is 0 Å². The molecule has 0 heterocycles. The number of nitrogens with zero attached hydrogens (tertiary/aromatic N) is 1. The Morgan fingerprint density at radius 2 is 1.88 bits per heavy atom. The predicted molar refractivity (Wildman–Crippen MR) is 78.4 cm³/mol. The van der Waals surface area contributed by atoms with E-state index in [0.717, 1.165) is 12.8 Å². The van der Waals surface area contributed by atoms with Gasteiger partial charge in [-0.15, -0.1) is 0 Å². The summed E-state index contributed by atoms with van der Waals surface area (Å²) in [6.07, 6.45) is 5.94. The second-order valence-electron chi connectivity index (χ2n) is 5.17. The average molecular weight is 256 g/mol. The van der Waals surface area contributed by atoms with E-state index in [0.29, 0.717) is 6.04 Å². The van der Waals surface area contributed by atoms with Crippen molar-refractivity contribution in [2.75, 3.05) is 11.5 Å². The van der Waals surface area contributed by atoms with Gasteiger partial charge in [-0.25, -0.2) is 0 Å². The molecule has 0 aliphatic heterocycles. The van der Waals surface area contributed by atoms with E-state index in [2.05, 4.69) is 32.2 Å². The van der Waals surface area contributed by atoms with Crippen LogP contribution in [0, 0.1) is 11.3 Å². The van der Waals surface area contributed by atoms with Crippen LogP contribution in [0.3, 0.4) is 0 Å². The highest BCUT2D eigenvalue weighted by Crippen LogP contribution is 2.16. The Labute approximate surface area is 112 Å². The predicted octanol–water partition coefficient (Wildman–Crippen LogP) is 3.97. The molecule has 0 aliphatic carbocycles. The number of hydrogen-bond donors (Lipinski definition) is 1. The van der Waals surface area contributed by atoms with Crippen molar-refractivity contribution in [3.63, 3.8) is 0 Å². The first-order chi connectivity index (χ1) is 8.04. The lowest BCUT2D eigenvalue weighted by atomic mass is 9.96. The zero-order chi connectivity index (χ0) is 13.1. The number of nitrogens with one attached hydrogen (secondary N) is 1. The van der Waals surface area contributed by atoms with Gasteiger partial charge in [0, 0.05) is 6.04 Å². The average Bonchev–Trinajstić information content (AvgIpc) is 2.27. The molecule has 0 bridgehead atoms. The molecule has 0 spiro atoms. The summed E-state index contributed by atoms with van der Waals surface area (Å²) in [6, 6.07) is 2.78. The van der Waals surface area contributed by atoms with Crippen molar-refractivity contribution in [2.24, 2.45) is 0 Å². The summed E-state index contributed by atoms with van der Waals surface area (Å²) in [5, 5.41) is 12.5. The second-order valence-corrected chi connectivity index (χ2v) is 6.39. The first kappa shape index (κ1) is 16.8. The van der Waals surface area contributed by atoms with Crippen LogP contribution in [0.2, 0.25) is 0 Å². The van der Waals surface area contributed by atoms with Gasteiger partial charge in [0.15, 0.2) is 0 Å². The van der Waals surface area contributed by atoms with Gasteiger partial charge in [-0.1, -0.05) is 13.3 Å². The summed E-state index contributed by atoms with van der Waals surface area (Å²) in [5.74, 6) is 2.53. The highest BCUT2D eigenvalue weighted by atomic mass is 32.2. The summed E-state index contributed by atoms with van der Waals surface area (Å²) in [7, 11) is 0. The number of unbranched alkanes of at least 4 members (excludes halogenated alkanes) is 2. The summed E-state index contributed by atoms with van der Waals surface area (Å²) in [6.45, 7) is 8.43. The Balaban J connectivity index is 3.60. The molecule has 0 aromatic rings. The first-order valence-electron chi connectivity index (χ1n) is 6.80. The summed E-state index contributed by atoms with van der Waals surface area (Å²) in [4.78, 5) is 0. The number of thioether (sulfide) groups is 1. The minimum absolute atomic E-state index is 0.345. The molecule has 0 aromatic carbocycles. The van der Waals surface area contributed by atoms with E-state index in [1.54, 1.807) is 0 Å². The lowest BCUT2D eigenvalue weighted by molar-refractivity contribution is 0.372. The molecule has 0 fully saturated rings. The van der Waals surface area contributed by atoms with E-state index in [4.69, 9.17) is 0 Å². The maximum absolute atomic E-state index is 9.19. The van der Waals surface area contributed by atoms with Crippen LogP contribution in [0.25, 0.3) is 0 Å². The SMILES string of the molecule is CCCCSCCCCC(C)(C#N)NC(C)C. The zero-order valence-electron chi connectivity index (χ0n) is 11.9. The molecule has 0 radical (unpaired) electrons. The summed E-state index contributed by atoms with van der Waals surface area (Å²) >= 11 is 2.05. The molecule has 3 heteroatoms. The van der Waals surface area contributed by atoms with Crippen LogP contribution in [0.15, 0.2) is 0 Å². The Hall–Kier alpha value is -0.200. The van der Waals surface area contributed by atoms with Crippen molar-refractivity contribution in [3.8, 4) is 6.07 Å². The van der Waals surface area contributed by atoms with Gasteiger partial charge in [-0.3, -0.25) is 5.32 Å². The highest BCUT2D eigenvalue weighted by molar-refractivity contribution is 7.99. The van der Waals surface area contributed by atoms with Crippen LogP contribution in [-0.4, -0.2) is 23.1 Å². The van der Waals surface area contributed by atoms with E-state index in [9.17, 15) is 5.26 Å². The third-order valence-electron chi connectivity index (χ3n) is 2.71. The van der Waals surface area contributed by atoms with E-state index >= 15 is 0 Å². The molecular weight excluding hydrogens is 228 g/mol. The third kappa shape index (κ3) is 9.50. The molecule has 100 valence electrons. The van der Waals surface area contributed by atoms with Gasteiger partial charge in [0.25, 0.3) is 0 Å².